The highest BCUT2D eigenvalue weighted by molar-refractivity contribution is 6.03. The van der Waals surface area contributed by atoms with E-state index >= 15 is 0 Å². The molecule has 0 bridgehead atoms. The molecule has 0 aliphatic carbocycles. The molecule has 2 aromatic carbocycles. The Bertz CT molecular complexity index is 951. The van der Waals surface area contributed by atoms with E-state index in [1.165, 1.54) is 16.0 Å². The molecule has 0 saturated heterocycles. The molecule has 7 nitrogen and oxygen atoms in total. The number of rotatable bonds is 9. The summed E-state index contributed by atoms with van der Waals surface area (Å²) in [7, 11) is 1.54. The van der Waals surface area contributed by atoms with Gasteiger partial charge in [0.15, 0.2) is 0 Å². The number of halogens is 1. The molecule has 170 valence electrons. The summed E-state index contributed by atoms with van der Waals surface area (Å²) in [6.07, 6.45) is 1.17. The zero-order valence-electron chi connectivity index (χ0n) is 18.5. The first kappa shape index (κ1) is 23.4. The summed E-state index contributed by atoms with van der Waals surface area (Å²) >= 11 is 0. The van der Waals surface area contributed by atoms with E-state index in [1.54, 1.807) is 25.3 Å². The van der Waals surface area contributed by atoms with Crippen LogP contribution in [-0.4, -0.2) is 60.9 Å². The fraction of sp³-hybridized carbons (Fsp3) is 0.375. The van der Waals surface area contributed by atoms with Crippen molar-refractivity contribution in [3.63, 3.8) is 0 Å². The molecule has 3 rings (SSSR count). The molecular formula is C24H29FN4O3. The Morgan fingerprint density at radius 2 is 1.91 bits per heavy atom. The Hall–Kier alpha value is -3.26. The maximum Gasteiger partial charge on any atom is 0.317 e. The summed E-state index contributed by atoms with van der Waals surface area (Å²) < 4.78 is 19.5. The fourth-order valence-corrected chi connectivity index (χ4v) is 3.57. The van der Waals surface area contributed by atoms with Crippen LogP contribution in [-0.2, 0) is 9.53 Å². The lowest BCUT2D eigenvalue weighted by Gasteiger charge is -2.27. The lowest BCUT2D eigenvalue weighted by Crippen LogP contribution is -2.47. The first-order chi connectivity index (χ1) is 15.5. The van der Waals surface area contributed by atoms with Gasteiger partial charge in [0.1, 0.15) is 12.4 Å². The molecule has 32 heavy (non-hydrogen) atoms. The van der Waals surface area contributed by atoms with Gasteiger partial charge in [-0.3, -0.25) is 4.79 Å². The number of benzene rings is 2. The Morgan fingerprint density at radius 3 is 2.59 bits per heavy atom. The van der Waals surface area contributed by atoms with Crippen molar-refractivity contribution in [2.24, 2.45) is 5.10 Å². The molecule has 2 aromatic rings. The summed E-state index contributed by atoms with van der Waals surface area (Å²) in [5, 5.41) is 8.68. The van der Waals surface area contributed by atoms with Crippen LogP contribution in [0, 0.1) is 5.82 Å². The van der Waals surface area contributed by atoms with Gasteiger partial charge in [-0.05, 0) is 18.1 Å². The zero-order valence-corrected chi connectivity index (χ0v) is 18.5. The largest absolute Gasteiger partial charge is 0.383 e. The summed E-state index contributed by atoms with van der Waals surface area (Å²) in [4.78, 5) is 27.3. The second kappa shape index (κ2) is 11.4. The number of hydrogen-bond donors (Lipinski definition) is 1. The lowest BCUT2D eigenvalue weighted by atomic mass is 9.98. The molecule has 1 aliphatic heterocycles. The first-order valence-corrected chi connectivity index (χ1v) is 10.8. The van der Waals surface area contributed by atoms with Crippen LogP contribution in [0.15, 0.2) is 59.7 Å². The molecule has 0 spiro atoms. The van der Waals surface area contributed by atoms with Gasteiger partial charge in [-0.25, -0.2) is 14.2 Å². The van der Waals surface area contributed by atoms with Gasteiger partial charge < -0.3 is 15.0 Å². The molecule has 0 radical (unpaired) electrons. The van der Waals surface area contributed by atoms with E-state index in [-0.39, 0.29) is 36.9 Å². The number of amides is 3. The molecule has 8 heteroatoms. The van der Waals surface area contributed by atoms with Crippen LogP contribution in [0.1, 0.15) is 36.9 Å². The van der Waals surface area contributed by atoms with Crippen molar-refractivity contribution < 1.29 is 18.7 Å². The second-order valence-electron chi connectivity index (χ2n) is 7.54. The fourth-order valence-electron chi connectivity index (χ4n) is 3.57. The van der Waals surface area contributed by atoms with E-state index in [1.807, 2.05) is 37.3 Å². The average molecular weight is 441 g/mol. The standard InChI is InChI=1S/C24H29FN4O3/c1-3-13-26-24(31)28(14-15-32-2)17-23(30)29-22(18-9-5-4-6-10-18)16-21(27-29)19-11-7-8-12-20(19)25/h4-12,22H,3,13-17H2,1-2H3,(H,26,31). The molecule has 1 atom stereocenters. The Kier molecular flexibility index (Phi) is 8.33. The smallest absolute Gasteiger partial charge is 0.317 e. The number of nitrogens with one attached hydrogen (secondary N) is 1. The third kappa shape index (κ3) is 5.70. The molecule has 1 aliphatic rings. The van der Waals surface area contributed by atoms with Gasteiger partial charge in [0.05, 0.1) is 18.4 Å². The molecular weight excluding hydrogens is 411 g/mol. The summed E-state index contributed by atoms with van der Waals surface area (Å²) in [6.45, 7) is 2.89. The number of methoxy groups -OCH3 is 1. The number of nitrogens with zero attached hydrogens (tertiary/aromatic N) is 3. The van der Waals surface area contributed by atoms with Crippen LogP contribution in [0.4, 0.5) is 9.18 Å². The van der Waals surface area contributed by atoms with Crippen LogP contribution in [0.5, 0.6) is 0 Å². The van der Waals surface area contributed by atoms with Gasteiger partial charge in [0.2, 0.25) is 0 Å². The van der Waals surface area contributed by atoms with Crippen molar-refractivity contribution in [1.29, 1.82) is 0 Å². The first-order valence-electron chi connectivity index (χ1n) is 10.8. The van der Waals surface area contributed by atoms with Crippen LogP contribution in [0.25, 0.3) is 0 Å². The Morgan fingerprint density at radius 1 is 1.19 bits per heavy atom. The predicted octanol–water partition coefficient (Wildman–Crippen LogP) is 3.57. The third-order valence-electron chi connectivity index (χ3n) is 5.24. The van der Waals surface area contributed by atoms with Crippen molar-refractivity contribution in [1.82, 2.24) is 15.2 Å². The summed E-state index contributed by atoms with van der Waals surface area (Å²) in [6, 6.07) is 15.2. The van der Waals surface area contributed by atoms with Gasteiger partial charge in [0, 0.05) is 32.2 Å². The molecule has 0 aromatic heterocycles. The van der Waals surface area contributed by atoms with Gasteiger partial charge in [-0.2, -0.15) is 5.10 Å². The molecule has 0 saturated carbocycles. The highest BCUT2D eigenvalue weighted by atomic mass is 19.1. The zero-order chi connectivity index (χ0) is 22.9. The second-order valence-corrected chi connectivity index (χ2v) is 7.54. The van der Waals surface area contributed by atoms with Gasteiger partial charge in [-0.15, -0.1) is 0 Å². The maximum atomic E-state index is 14.4. The Balaban J connectivity index is 1.86. The predicted molar refractivity (Wildman–Crippen MR) is 121 cm³/mol. The van der Waals surface area contributed by atoms with Crippen molar-refractivity contribution in [2.75, 3.05) is 33.4 Å². The van der Waals surface area contributed by atoms with Crippen molar-refractivity contribution in [2.45, 2.75) is 25.8 Å². The normalized spacial score (nSPS) is 15.4. The highest BCUT2D eigenvalue weighted by Crippen LogP contribution is 2.33. The maximum absolute atomic E-state index is 14.4. The third-order valence-corrected chi connectivity index (χ3v) is 5.24. The van der Waals surface area contributed by atoms with Crippen molar-refractivity contribution in [3.05, 3.63) is 71.5 Å². The average Bonchev–Trinajstić information content (AvgIpc) is 3.26. The number of hydrogen-bond acceptors (Lipinski definition) is 4. The lowest BCUT2D eigenvalue weighted by molar-refractivity contribution is -0.133. The number of urea groups is 1. The molecule has 0 fully saturated rings. The molecule has 1 unspecified atom stereocenters. The number of carbonyl (C=O) groups excluding carboxylic acids is 2. The van der Waals surface area contributed by atoms with E-state index in [0.29, 0.717) is 30.8 Å². The number of ether oxygens (including phenoxy) is 1. The topological polar surface area (TPSA) is 74.2 Å². The van der Waals surface area contributed by atoms with Crippen LogP contribution in [0.3, 0.4) is 0 Å². The van der Waals surface area contributed by atoms with Gasteiger partial charge >= 0.3 is 6.03 Å². The van der Waals surface area contributed by atoms with Crippen LogP contribution >= 0.6 is 0 Å². The highest BCUT2D eigenvalue weighted by Gasteiger charge is 2.34. The van der Waals surface area contributed by atoms with E-state index in [9.17, 15) is 14.0 Å². The van der Waals surface area contributed by atoms with Gasteiger partial charge in [-0.1, -0.05) is 55.5 Å². The monoisotopic (exact) mass is 440 g/mol. The number of carbonyl (C=O) groups is 2. The van der Waals surface area contributed by atoms with Crippen LogP contribution < -0.4 is 5.32 Å². The minimum atomic E-state index is -0.381. The van der Waals surface area contributed by atoms with Crippen LogP contribution in [0.2, 0.25) is 0 Å². The minimum absolute atomic E-state index is 0.156. The van der Waals surface area contributed by atoms with E-state index < -0.39 is 0 Å². The van der Waals surface area contributed by atoms with E-state index in [0.717, 1.165) is 12.0 Å². The van der Waals surface area contributed by atoms with E-state index in [4.69, 9.17) is 4.74 Å². The summed E-state index contributed by atoms with van der Waals surface area (Å²) in [5.41, 5.74) is 1.78. The molecule has 1 heterocycles. The molecule has 3 amide bonds. The quantitative estimate of drug-likeness (QED) is 0.648. The Labute approximate surface area is 187 Å². The van der Waals surface area contributed by atoms with Crippen molar-refractivity contribution in [3.8, 4) is 0 Å². The van der Waals surface area contributed by atoms with Gasteiger partial charge in [0.25, 0.3) is 5.91 Å². The molecule has 1 N–H and O–H groups in total. The minimum Gasteiger partial charge on any atom is -0.383 e. The van der Waals surface area contributed by atoms with E-state index in [2.05, 4.69) is 10.4 Å². The number of hydrazone groups is 1. The SMILES string of the molecule is CCCNC(=O)N(CCOC)CC(=O)N1N=C(c2ccccc2F)CC1c1ccccc1. The van der Waals surface area contributed by atoms with Crippen molar-refractivity contribution >= 4 is 17.6 Å². The summed E-state index contributed by atoms with van der Waals surface area (Å²) in [5.74, 6) is -0.721.